The van der Waals surface area contributed by atoms with E-state index < -0.39 is 6.04 Å². The maximum atomic E-state index is 12.0. The summed E-state index contributed by atoms with van der Waals surface area (Å²) in [6, 6.07) is 9.88. The zero-order chi connectivity index (χ0) is 15.2. The predicted molar refractivity (Wildman–Crippen MR) is 82.9 cm³/mol. The quantitative estimate of drug-likeness (QED) is 0.892. The van der Waals surface area contributed by atoms with E-state index >= 15 is 0 Å². The Labute approximate surface area is 126 Å². The number of ether oxygens (including phenoxy) is 1. The van der Waals surface area contributed by atoms with Gasteiger partial charge in [-0.15, -0.1) is 11.3 Å². The number of thiophene rings is 1. The minimum Gasteiger partial charge on any atom is -0.497 e. The van der Waals surface area contributed by atoms with Gasteiger partial charge in [0.1, 0.15) is 11.8 Å². The predicted octanol–water partition coefficient (Wildman–Crippen LogP) is 2.51. The van der Waals surface area contributed by atoms with Crippen LogP contribution in [0.3, 0.4) is 0 Å². The van der Waals surface area contributed by atoms with E-state index in [9.17, 15) is 9.59 Å². The summed E-state index contributed by atoms with van der Waals surface area (Å²) in [5.74, 6) is 0.194. The molecule has 1 unspecified atom stereocenters. The third-order valence-electron chi connectivity index (χ3n) is 2.84. The molecule has 0 saturated heterocycles. The Morgan fingerprint density at radius 1 is 1.19 bits per heavy atom. The maximum absolute atomic E-state index is 12.0. The van der Waals surface area contributed by atoms with E-state index in [0.717, 1.165) is 0 Å². The van der Waals surface area contributed by atoms with Crippen molar-refractivity contribution < 1.29 is 14.3 Å². The summed E-state index contributed by atoms with van der Waals surface area (Å²) < 4.78 is 5.05. The van der Waals surface area contributed by atoms with Crippen LogP contribution in [-0.4, -0.2) is 25.0 Å². The van der Waals surface area contributed by atoms with Crippen LogP contribution >= 0.6 is 11.3 Å². The highest BCUT2D eigenvalue weighted by Gasteiger charge is 2.17. The monoisotopic (exact) mass is 304 g/mol. The number of amides is 2. The van der Waals surface area contributed by atoms with E-state index in [1.807, 2.05) is 5.38 Å². The minimum absolute atomic E-state index is 0.248. The van der Waals surface area contributed by atoms with Gasteiger partial charge in [-0.1, -0.05) is 6.07 Å². The Bertz CT molecular complexity index is 608. The SMILES string of the molecule is COc1ccc(NC(=O)C(C)NC(=O)c2cccs2)cc1. The molecule has 1 heterocycles. The van der Waals surface area contributed by atoms with Gasteiger partial charge in [0, 0.05) is 5.69 Å². The van der Waals surface area contributed by atoms with E-state index in [2.05, 4.69) is 10.6 Å². The van der Waals surface area contributed by atoms with E-state index in [-0.39, 0.29) is 11.8 Å². The minimum atomic E-state index is -0.623. The molecular weight excluding hydrogens is 288 g/mol. The van der Waals surface area contributed by atoms with Crippen LogP contribution in [0.4, 0.5) is 5.69 Å². The second-order valence-electron chi connectivity index (χ2n) is 4.39. The molecule has 1 atom stereocenters. The van der Waals surface area contributed by atoms with Gasteiger partial charge in [-0.3, -0.25) is 9.59 Å². The van der Waals surface area contributed by atoms with Gasteiger partial charge >= 0.3 is 0 Å². The van der Waals surface area contributed by atoms with Crippen molar-refractivity contribution in [2.45, 2.75) is 13.0 Å². The summed E-state index contributed by atoms with van der Waals surface area (Å²) >= 11 is 1.34. The highest BCUT2D eigenvalue weighted by molar-refractivity contribution is 7.12. The molecule has 0 aliphatic heterocycles. The lowest BCUT2D eigenvalue weighted by molar-refractivity contribution is -0.117. The van der Waals surface area contributed by atoms with E-state index in [1.54, 1.807) is 50.4 Å². The number of nitrogens with one attached hydrogen (secondary N) is 2. The molecule has 0 bridgehead atoms. The molecule has 2 rings (SSSR count). The van der Waals surface area contributed by atoms with Gasteiger partial charge in [-0.05, 0) is 42.6 Å². The van der Waals surface area contributed by atoms with Crippen molar-refractivity contribution in [2.24, 2.45) is 0 Å². The molecule has 0 fully saturated rings. The number of anilines is 1. The number of methoxy groups -OCH3 is 1. The van der Waals surface area contributed by atoms with Crippen molar-refractivity contribution in [3.05, 3.63) is 46.7 Å². The van der Waals surface area contributed by atoms with Crippen molar-refractivity contribution in [3.8, 4) is 5.75 Å². The smallest absolute Gasteiger partial charge is 0.261 e. The van der Waals surface area contributed by atoms with Gasteiger partial charge in [-0.25, -0.2) is 0 Å². The molecule has 0 spiro atoms. The first-order valence-corrected chi connectivity index (χ1v) is 7.27. The molecular formula is C15H16N2O3S. The molecule has 0 aliphatic carbocycles. The van der Waals surface area contributed by atoms with Crippen LogP contribution in [0.1, 0.15) is 16.6 Å². The second-order valence-corrected chi connectivity index (χ2v) is 5.34. The van der Waals surface area contributed by atoms with E-state index in [1.165, 1.54) is 11.3 Å². The normalized spacial score (nSPS) is 11.5. The standard InChI is InChI=1S/C15H16N2O3S/c1-10(16-15(19)13-4-3-9-21-13)14(18)17-11-5-7-12(20-2)8-6-11/h3-10H,1-2H3,(H,16,19)(H,17,18). The van der Waals surface area contributed by atoms with E-state index in [0.29, 0.717) is 16.3 Å². The Morgan fingerprint density at radius 2 is 1.90 bits per heavy atom. The molecule has 0 radical (unpaired) electrons. The van der Waals surface area contributed by atoms with Crippen LogP contribution in [0, 0.1) is 0 Å². The molecule has 2 N–H and O–H groups in total. The molecule has 1 aromatic heterocycles. The highest BCUT2D eigenvalue weighted by atomic mass is 32.1. The fourth-order valence-corrected chi connectivity index (χ4v) is 2.29. The Morgan fingerprint density at radius 3 is 2.48 bits per heavy atom. The molecule has 1 aromatic carbocycles. The topological polar surface area (TPSA) is 67.4 Å². The Hall–Kier alpha value is -2.34. The number of benzene rings is 1. The number of carbonyl (C=O) groups excluding carboxylic acids is 2. The average Bonchev–Trinajstić information content (AvgIpc) is 3.02. The summed E-state index contributed by atoms with van der Waals surface area (Å²) in [7, 11) is 1.58. The number of hydrogen-bond acceptors (Lipinski definition) is 4. The lowest BCUT2D eigenvalue weighted by Gasteiger charge is -2.13. The van der Waals surface area contributed by atoms with Gasteiger partial charge in [0.15, 0.2) is 0 Å². The number of carbonyl (C=O) groups is 2. The molecule has 6 heteroatoms. The summed E-state index contributed by atoms with van der Waals surface area (Å²) in [6.07, 6.45) is 0. The Balaban J connectivity index is 1.91. The molecule has 2 amide bonds. The third kappa shape index (κ3) is 4.06. The first-order valence-electron chi connectivity index (χ1n) is 6.39. The van der Waals surface area contributed by atoms with Crippen LogP contribution in [0.5, 0.6) is 5.75 Å². The van der Waals surface area contributed by atoms with Gasteiger partial charge in [0.2, 0.25) is 5.91 Å². The van der Waals surface area contributed by atoms with Gasteiger partial charge in [-0.2, -0.15) is 0 Å². The average molecular weight is 304 g/mol. The van der Waals surface area contributed by atoms with Crippen molar-refractivity contribution in [1.29, 1.82) is 0 Å². The zero-order valence-corrected chi connectivity index (χ0v) is 12.6. The van der Waals surface area contributed by atoms with Gasteiger partial charge in [0.25, 0.3) is 5.91 Å². The summed E-state index contributed by atoms with van der Waals surface area (Å²) in [6.45, 7) is 1.64. The largest absolute Gasteiger partial charge is 0.497 e. The van der Waals surface area contributed by atoms with Crippen LogP contribution in [0.2, 0.25) is 0 Å². The molecule has 5 nitrogen and oxygen atoms in total. The first-order chi connectivity index (χ1) is 10.1. The lowest BCUT2D eigenvalue weighted by Crippen LogP contribution is -2.41. The molecule has 0 saturated carbocycles. The first kappa shape index (κ1) is 15.1. The third-order valence-corrected chi connectivity index (χ3v) is 3.71. The molecule has 21 heavy (non-hydrogen) atoms. The molecule has 2 aromatic rings. The van der Waals surface area contributed by atoms with Gasteiger partial charge < -0.3 is 15.4 Å². The highest BCUT2D eigenvalue weighted by Crippen LogP contribution is 2.15. The van der Waals surface area contributed by atoms with Crippen molar-refractivity contribution >= 4 is 28.8 Å². The van der Waals surface area contributed by atoms with Crippen molar-refractivity contribution in [3.63, 3.8) is 0 Å². The van der Waals surface area contributed by atoms with Crippen LogP contribution < -0.4 is 15.4 Å². The van der Waals surface area contributed by atoms with Gasteiger partial charge in [0.05, 0.1) is 12.0 Å². The number of hydrogen-bond donors (Lipinski definition) is 2. The van der Waals surface area contributed by atoms with Crippen molar-refractivity contribution in [2.75, 3.05) is 12.4 Å². The lowest BCUT2D eigenvalue weighted by atomic mass is 10.2. The fourth-order valence-electron chi connectivity index (χ4n) is 1.67. The fraction of sp³-hybridized carbons (Fsp3) is 0.200. The van der Waals surface area contributed by atoms with E-state index in [4.69, 9.17) is 4.74 Å². The zero-order valence-electron chi connectivity index (χ0n) is 11.8. The van der Waals surface area contributed by atoms with Crippen LogP contribution in [-0.2, 0) is 4.79 Å². The number of rotatable bonds is 5. The maximum Gasteiger partial charge on any atom is 0.261 e. The molecule has 0 aliphatic rings. The van der Waals surface area contributed by atoms with Crippen molar-refractivity contribution in [1.82, 2.24) is 5.32 Å². The molecule has 110 valence electrons. The van der Waals surface area contributed by atoms with Crippen LogP contribution in [0.25, 0.3) is 0 Å². The van der Waals surface area contributed by atoms with Crippen LogP contribution in [0.15, 0.2) is 41.8 Å². The summed E-state index contributed by atoms with van der Waals surface area (Å²) in [5, 5.41) is 7.21. The second kappa shape index (κ2) is 6.90. The summed E-state index contributed by atoms with van der Waals surface area (Å²) in [4.78, 5) is 24.5. The summed E-state index contributed by atoms with van der Waals surface area (Å²) in [5.41, 5.74) is 0.651. The Kier molecular flexibility index (Phi) is 4.94.